The van der Waals surface area contributed by atoms with E-state index in [-0.39, 0.29) is 0 Å². The van der Waals surface area contributed by atoms with Gasteiger partial charge in [-0.3, -0.25) is 0 Å². The highest BCUT2D eigenvalue weighted by Gasteiger charge is 2.21. The molecule has 0 aromatic heterocycles. The average molecular weight is 175 g/mol. The molecule has 0 bridgehead atoms. The average Bonchev–Trinajstić information content (AvgIpc) is 2.30. The van der Waals surface area contributed by atoms with E-state index in [2.05, 4.69) is 40.7 Å². The predicted molar refractivity (Wildman–Crippen MR) is 59.4 cm³/mol. The Morgan fingerprint density at radius 1 is 1.15 bits per heavy atom. The maximum absolute atomic E-state index is 3.72. The van der Waals surface area contributed by atoms with Crippen molar-refractivity contribution in [2.24, 2.45) is 5.92 Å². The van der Waals surface area contributed by atoms with Gasteiger partial charge in [-0.15, -0.1) is 0 Å². The van der Waals surface area contributed by atoms with Crippen molar-refractivity contribution in [3.63, 3.8) is 0 Å². The second kappa shape index (κ2) is 3.87. The van der Waals surface area contributed by atoms with Crippen LogP contribution in [-0.4, -0.2) is 0 Å². The van der Waals surface area contributed by atoms with Gasteiger partial charge in [0.1, 0.15) is 0 Å². The lowest BCUT2D eigenvalue weighted by atomic mass is 9.92. The third-order valence-electron chi connectivity index (χ3n) is 3.33. The van der Waals surface area contributed by atoms with Crippen LogP contribution in [0.5, 0.6) is 0 Å². The fraction of sp³-hybridized carbons (Fsp3) is 0.462. The largest absolute Gasteiger partial charge is 0.245 e. The Hall–Kier alpha value is -0.910. The molecular weight excluding hydrogens is 156 g/mol. The first-order valence-electron chi connectivity index (χ1n) is 4.89. The number of hydrogen-bond donors (Lipinski definition) is 0. The number of rotatable bonds is 3. The molecule has 0 spiro atoms. The van der Waals surface area contributed by atoms with Crippen molar-refractivity contribution >= 4 is 0 Å². The minimum Gasteiger partial charge on any atom is -0.245 e. The minimum absolute atomic E-state index is 0.637. The molecule has 0 N–H and O–H groups in total. The highest BCUT2D eigenvalue weighted by atomic mass is 14.3. The molecular formula is C13H19-. The van der Waals surface area contributed by atoms with Gasteiger partial charge in [-0.05, 0) is 44.8 Å². The molecule has 1 aliphatic rings. The van der Waals surface area contributed by atoms with Crippen molar-refractivity contribution in [2.45, 2.75) is 34.1 Å². The Morgan fingerprint density at radius 2 is 1.62 bits per heavy atom. The molecule has 0 saturated carbocycles. The predicted octanol–water partition coefficient (Wildman–Crippen LogP) is 4.07. The number of hydrogen-bond acceptors (Lipinski definition) is 0. The molecule has 0 aliphatic heterocycles. The van der Waals surface area contributed by atoms with E-state index in [4.69, 9.17) is 0 Å². The second-order valence-corrected chi connectivity index (χ2v) is 3.88. The van der Waals surface area contributed by atoms with E-state index in [0.29, 0.717) is 5.92 Å². The van der Waals surface area contributed by atoms with E-state index < -0.39 is 0 Å². The summed E-state index contributed by atoms with van der Waals surface area (Å²) in [5, 5.41) is 0. The summed E-state index contributed by atoms with van der Waals surface area (Å²) in [5.41, 5.74) is 6.04. The Kier molecular flexibility index (Phi) is 3.02. The van der Waals surface area contributed by atoms with Gasteiger partial charge in [-0.25, -0.2) is 19.1 Å². The molecule has 0 heteroatoms. The second-order valence-electron chi connectivity index (χ2n) is 3.88. The zero-order valence-corrected chi connectivity index (χ0v) is 9.15. The molecule has 0 aromatic rings. The molecule has 0 fully saturated rings. The van der Waals surface area contributed by atoms with Crippen LogP contribution in [0.2, 0.25) is 0 Å². The van der Waals surface area contributed by atoms with Crippen molar-refractivity contribution in [1.82, 2.24) is 0 Å². The molecule has 0 nitrogen and oxygen atoms in total. The van der Waals surface area contributed by atoms with E-state index in [1.54, 1.807) is 0 Å². The maximum atomic E-state index is 3.72. The number of allylic oxidation sites excluding steroid dienone is 5. The van der Waals surface area contributed by atoms with Gasteiger partial charge in [0.25, 0.3) is 0 Å². The molecule has 0 aromatic carbocycles. The van der Waals surface area contributed by atoms with Crippen LogP contribution in [0.4, 0.5) is 0 Å². The Balaban J connectivity index is 2.82. The molecule has 0 unspecified atom stereocenters. The quantitative estimate of drug-likeness (QED) is 0.567. The summed E-state index contributed by atoms with van der Waals surface area (Å²) in [5.74, 6) is 0.637. The first kappa shape index (κ1) is 10.2. The SMILES string of the molecule is C=C[CH-]CC1C(C)=C(C)C(C)=C1C. The highest BCUT2D eigenvalue weighted by molar-refractivity contribution is 5.46. The van der Waals surface area contributed by atoms with Crippen LogP contribution in [0, 0.1) is 12.3 Å². The normalized spacial score (nSPS) is 18.5. The summed E-state index contributed by atoms with van der Waals surface area (Å²) in [4.78, 5) is 0. The minimum atomic E-state index is 0.637. The van der Waals surface area contributed by atoms with Crippen LogP contribution in [0.1, 0.15) is 34.1 Å². The van der Waals surface area contributed by atoms with E-state index in [1.807, 2.05) is 6.08 Å². The first-order chi connectivity index (χ1) is 6.09. The standard InChI is InChI=1S/C13H19/c1-6-7-8-13-11(4)9(2)10(3)12(13)5/h6-7,13H,1,8H2,2-5H3/q-1. The summed E-state index contributed by atoms with van der Waals surface area (Å²) < 4.78 is 0. The van der Waals surface area contributed by atoms with Crippen molar-refractivity contribution in [1.29, 1.82) is 0 Å². The molecule has 0 radical (unpaired) electrons. The Bertz CT molecular complexity index is 252. The molecule has 72 valence electrons. The fourth-order valence-corrected chi connectivity index (χ4v) is 2.02. The molecule has 0 saturated heterocycles. The molecule has 1 rings (SSSR count). The van der Waals surface area contributed by atoms with E-state index >= 15 is 0 Å². The van der Waals surface area contributed by atoms with Gasteiger partial charge in [-0.1, -0.05) is 17.6 Å². The van der Waals surface area contributed by atoms with Crippen LogP contribution in [0.25, 0.3) is 0 Å². The lowest BCUT2D eigenvalue weighted by Gasteiger charge is -2.16. The fourth-order valence-electron chi connectivity index (χ4n) is 2.02. The maximum Gasteiger partial charge on any atom is -0.0104 e. The highest BCUT2D eigenvalue weighted by Crippen LogP contribution is 2.38. The zero-order valence-electron chi connectivity index (χ0n) is 9.15. The smallest absolute Gasteiger partial charge is 0.0104 e. The molecule has 13 heavy (non-hydrogen) atoms. The van der Waals surface area contributed by atoms with Gasteiger partial charge in [0, 0.05) is 0 Å². The van der Waals surface area contributed by atoms with Gasteiger partial charge in [0.15, 0.2) is 0 Å². The van der Waals surface area contributed by atoms with Gasteiger partial charge in [0.05, 0.1) is 0 Å². The molecule has 0 atom stereocenters. The molecule has 0 amide bonds. The van der Waals surface area contributed by atoms with E-state index in [9.17, 15) is 0 Å². The van der Waals surface area contributed by atoms with Crippen molar-refractivity contribution < 1.29 is 0 Å². The summed E-state index contributed by atoms with van der Waals surface area (Å²) in [7, 11) is 0. The van der Waals surface area contributed by atoms with Crippen LogP contribution in [0.3, 0.4) is 0 Å². The summed E-state index contributed by atoms with van der Waals surface area (Å²) in [6, 6.07) is 0. The van der Waals surface area contributed by atoms with Crippen molar-refractivity contribution in [2.75, 3.05) is 0 Å². The van der Waals surface area contributed by atoms with Crippen LogP contribution >= 0.6 is 0 Å². The summed E-state index contributed by atoms with van der Waals surface area (Å²) >= 11 is 0. The topological polar surface area (TPSA) is 0 Å². The lowest BCUT2D eigenvalue weighted by molar-refractivity contribution is 0.717. The summed E-state index contributed by atoms with van der Waals surface area (Å²) in [6.45, 7) is 12.7. The van der Waals surface area contributed by atoms with Crippen LogP contribution in [0.15, 0.2) is 34.9 Å². The molecule has 0 heterocycles. The van der Waals surface area contributed by atoms with Crippen LogP contribution in [-0.2, 0) is 0 Å². The Morgan fingerprint density at radius 3 is 2.00 bits per heavy atom. The molecule has 1 aliphatic carbocycles. The zero-order chi connectivity index (χ0) is 10.0. The summed E-state index contributed by atoms with van der Waals surface area (Å²) in [6.07, 6.45) is 5.16. The van der Waals surface area contributed by atoms with Crippen LogP contribution < -0.4 is 0 Å². The van der Waals surface area contributed by atoms with E-state index in [1.165, 1.54) is 22.3 Å². The van der Waals surface area contributed by atoms with Crippen molar-refractivity contribution in [3.05, 3.63) is 41.4 Å². The lowest BCUT2D eigenvalue weighted by Crippen LogP contribution is -2.00. The first-order valence-corrected chi connectivity index (χ1v) is 4.89. The van der Waals surface area contributed by atoms with Gasteiger partial charge < -0.3 is 0 Å². The monoisotopic (exact) mass is 175 g/mol. The third-order valence-corrected chi connectivity index (χ3v) is 3.33. The third kappa shape index (κ3) is 1.72. The van der Waals surface area contributed by atoms with Gasteiger partial charge in [0.2, 0.25) is 0 Å². The van der Waals surface area contributed by atoms with Gasteiger partial charge in [-0.2, -0.15) is 0 Å². The van der Waals surface area contributed by atoms with Crippen molar-refractivity contribution in [3.8, 4) is 0 Å². The van der Waals surface area contributed by atoms with Gasteiger partial charge >= 0.3 is 0 Å². The Labute approximate surface area is 82.0 Å². The van der Waals surface area contributed by atoms with E-state index in [0.717, 1.165) is 6.42 Å².